The highest BCUT2D eigenvalue weighted by Gasteiger charge is 2.07. The lowest BCUT2D eigenvalue weighted by atomic mass is 10.1. The van der Waals surface area contributed by atoms with Crippen LogP contribution in [-0.2, 0) is 6.61 Å². The van der Waals surface area contributed by atoms with E-state index >= 15 is 0 Å². The number of rotatable bonds is 4. The second-order valence-corrected chi connectivity index (χ2v) is 4.56. The van der Waals surface area contributed by atoms with E-state index in [2.05, 4.69) is 6.07 Å². The second kappa shape index (κ2) is 5.57. The van der Waals surface area contributed by atoms with Gasteiger partial charge in [0.25, 0.3) is 0 Å². The highest BCUT2D eigenvalue weighted by atomic mass is 16.5. The predicted molar refractivity (Wildman–Crippen MR) is 73.6 cm³/mol. The smallest absolute Gasteiger partial charge is 0.335 e. The van der Waals surface area contributed by atoms with Crippen molar-refractivity contribution in [3.8, 4) is 5.75 Å². The van der Waals surface area contributed by atoms with Gasteiger partial charge in [-0.15, -0.1) is 0 Å². The third-order valence-electron chi connectivity index (χ3n) is 2.91. The van der Waals surface area contributed by atoms with Crippen molar-refractivity contribution in [3.05, 3.63) is 64.7 Å². The van der Waals surface area contributed by atoms with Gasteiger partial charge in [-0.3, -0.25) is 0 Å². The van der Waals surface area contributed by atoms with Crippen LogP contribution in [0.2, 0.25) is 0 Å². The zero-order valence-corrected chi connectivity index (χ0v) is 11.0. The molecule has 2 aromatic carbocycles. The Morgan fingerprint density at radius 3 is 2.63 bits per heavy atom. The number of aryl methyl sites for hydroxylation is 2. The molecule has 1 N–H and O–H groups in total. The summed E-state index contributed by atoms with van der Waals surface area (Å²) in [6.45, 7) is 4.36. The molecule has 0 spiro atoms. The van der Waals surface area contributed by atoms with Crippen LogP contribution in [0.5, 0.6) is 5.75 Å². The van der Waals surface area contributed by atoms with Crippen molar-refractivity contribution in [1.29, 1.82) is 0 Å². The maximum atomic E-state index is 10.9. The van der Waals surface area contributed by atoms with E-state index in [1.54, 1.807) is 18.2 Å². The fourth-order valence-electron chi connectivity index (χ4n) is 1.85. The molecule has 0 radical (unpaired) electrons. The van der Waals surface area contributed by atoms with Crippen molar-refractivity contribution in [2.45, 2.75) is 20.5 Å². The third-order valence-corrected chi connectivity index (χ3v) is 2.91. The van der Waals surface area contributed by atoms with Gasteiger partial charge in [0, 0.05) is 0 Å². The Kier molecular flexibility index (Phi) is 3.85. The summed E-state index contributed by atoms with van der Waals surface area (Å²) in [7, 11) is 0. The van der Waals surface area contributed by atoms with Crippen LogP contribution in [0.4, 0.5) is 0 Å². The molecule has 0 bridgehead atoms. The lowest BCUT2D eigenvalue weighted by Gasteiger charge is -2.10. The molecule has 0 unspecified atom stereocenters. The first kappa shape index (κ1) is 13.1. The fourth-order valence-corrected chi connectivity index (χ4v) is 1.85. The molecule has 0 saturated heterocycles. The monoisotopic (exact) mass is 256 g/mol. The average molecular weight is 256 g/mol. The van der Waals surface area contributed by atoms with E-state index in [9.17, 15) is 4.79 Å². The van der Waals surface area contributed by atoms with Crippen LogP contribution in [0.25, 0.3) is 0 Å². The van der Waals surface area contributed by atoms with Gasteiger partial charge >= 0.3 is 5.97 Å². The molecule has 0 fully saturated rings. The first-order valence-corrected chi connectivity index (χ1v) is 6.08. The summed E-state index contributed by atoms with van der Waals surface area (Å²) in [5.41, 5.74) is 3.42. The first-order valence-electron chi connectivity index (χ1n) is 6.08. The van der Waals surface area contributed by atoms with Crippen LogP contribution in [0.1, 0.15) is 27.0 Å². The summed E-state index contributed by atoms with van der Waals surface area (Å²) in [5.74, 6) is -0.332. The quantitative estimate of drug-likeness (QED) is 0.909. The van der Waals surface area contributed by atoms with E-state index in [0.29, 0.717) is 12.4 Å². The molecule has 19 heavy (non-hydrogen) atoms. The van der Waals surface area contributed by atoms with E-state index in [4.69, 9.17) is 9.84 Å². The molecule has 0 amide bonds. The average Bonchev–Trinajstić information content (AvgIpc) is 2.37. The van der Waals surface area contributed by atoms with Crippen molar-refractivity contribution in [2.24, 2.45) is 0 Å². The second-order valence-electron chi connectivity index (χ2n) is 4.56. The van der Waals surface area contributed by atoms with E-state index in [1.165, 1.54) is 5.56 Å². The van der Waals surface area contributed by atoms with Crippen LogP contribution < -0.4 is 4.74 Å². The summed E-state index contributed by atoms with van der Waals surface area (Å²) in [6.07, 6.45) is 0. The number of benzene rings is 2. The Balaban J connectivity index is 2.15. The first-order chi connectivity index (χ1) is 9.06. The zero-order valence-electron chi connectivity index (χ0n) is 11.0. The van der Waals surface area contributed by atoms with E-state index in [1.807, 2.05) is 32.0 Å². The number of carbonyl (C=O) groups is 1. The molecule has 98 valence electrons. The minimum absolute atomic E-state index is 0.241. The van der Waals surface area contributed by atoms with E-state index in [0.717, 1.165) is 11.1 Å². The van der Waals surface area contributed by atoms with E-state index in [-0.39, 0.29) is 5.56 Å². The number of hydrogen-bond acceptors (Lipinski definition) is 2. The molecule has 0 heterocycles. The highest BCUT2D eigenvalue weighted by molar-refractivity contribution is 5.88. The summed E-state index contributed by atoms with van der Waals surface area (Å²) in [5, 5.41) is 8.97. The van der Waals surface area contributed by atoms with Crippen molar-refractivity contribution in [3.63, 3.8) is 0 Å². The Bertz CT molecular complexity index is 603. The number of carboxylic acid groups (broad SMARTS) is 1. The standard InChI is InChI=1S/C16H16O3/c1-11-4-3-5-13(8-11)10-19-15-9-14(16(17)18)7-6-12(15)2/h3-9H,10H2,1-2H3,(H,17,18). The summed E-state index contributed by atoms with van der Waals surface area (Å²) >= 11 is 0. The minimum atomic E-state index is -0.944. The third kappa shape index (κ3) is 3.35. The summed E-state index contributed by atoms with van der Waals surface area (Å²) in [4.78, 5) is 10.9. The summed E-state index contributed by atoms with van der Waals surface area (Å²) in [6, 6.07) is 13.0. The van der Waals surface area contributed by atoms with Crippen molar-refractivity contribution in [1.82, 2.24) is 0 Å². The van der Waals surface area contributed by atoms with Gasteiger partial charge in [-0.25, -0.2) is 4.79 Å². The van der Waals surface area contributed by atoms with Gasteiger partial charge in [-0.1, -0.05) is 35.9 Å². The van der Waals surface area contributed by atoms with Crippen LogP contribution in [0.3, 0.4) is 0 Å². The molecule has 0 aliphatic heterocycles. The van der Waals surface area contributed by atoms with Crippen LogP contribution in [0, 0.1) is 13.8 Å². The van der Waals surface area contributed by atoms with E-state index < -0.39 is 5.97 Å². The lowest BCUT2D eigenvalue weighted by Crippen LogP contribution is -2.01. The van der Waals surface area contributed by atoms with Crippen LogP contribution in [-0.4, -0.2) is 11.1 Å². The maximum absolute atomic E-state index is 10.9. The Morgan fingerprint density at radius 1 is 1.16 bits per heavy atom. The molecule has 0 aliphatic rings. The van der Waals surface area contributed by atoms with Crippen LogP contribution >= 0.6 is 0 Å². The Labute approximate surface area is 112 Å². The fraction of sp³-hybridized carbons (Fsp3) is 0.188. The molecule has 3 nitrogen and oxygen atoms in total. The lowest BCUT2D eigenvalue weighted by molar-refractivity contribution is 0.0696. The molecular formula is C16H16O3. The molecule has 0 saturated carbocycles. The largest absolute Gasteiger partial charge is 0.489 e. The number of aromatic carboxylic acids is 1. The number of hydrogen-bond donors (Lipinski definition) is 1. The molecule has 0 atom stereocenters. The van der Waals surface area contributed by atoms with Gasteiger partial charge in [0.15, 0.2) is 0 Å². The van der Waals surface area contributed by atoms with Crippen LogP contribution in [0.15, 0.2) is 42.5 Å². The summed E-state index contributed by atoms with van der Waals surface area (Å²) < 4.78 is 5.71. The van der Waals surface area contributed by atoms with Gasteiger partial charge in [-0.2, -0.15) is 0 Å². The zero-order chi connectivity index (χ0) is 13.8. The van der Waals surface area contributed by atoms with Gasteiger partial charge in [0.1, 0.15) is 12.4 Å². The molecule has 3 heteroatoms. The maximum Gasteiger partial charge on any atom is 0.335 e. The molecule has 0 aliphatic carbocycles. The Morgan fingerprint density at radius 2 is 1.95 bits per heavy atom. The topological polar surface area (TPSA) is 46.5 Å². The van der Waals surface area contributed by atoms with Gasteiger partial charge in [0.2, 0.25) is 0 Å². The molecule has 2 aromatic rings. The van der Waals surface area contributed by atoms with Gasteiger partial charge in [0.05, 0.1) is 5.56 Å². The SMILES string of the molecule is Cc1cccc(COc2cc(C(=O)O)ccc2C)c1. The minimum Gasteiger partial charge on any atom is -0.489 e. The Hall–Kier alpha value is -2.29. The molecule has 2 rings (SSSR count). The van der Waals surface area contributed by atoms with Gasteiger partial charge < -0.3 is 9.84 Å². The van der Waals surface area contributed by atoms with Crippen molar-refractivity contribution >= 4 is 5.97 Å². The van der Waals surface area contributed by atoms with Crippen molar-refractivity contribution < 1.29 is 14.6 Å². The predicted octanol–water partition coefficient (Wildman–Crippen LogP) is 3.58. The normalized spacial score (nSPS) is 10.2. The van der Waals surface area contributed by atoms with Crippen molar-refractivity contribution in [2.75, 3.05) is 0 Å². The highest BCUT2D eigenvalue weighted by Crippen LogP contribution is 2.21. The van der Waals surface area contributed by atoms with Gasteiger partial charge in [-0.05, 0) is 37.1 Å². The molecular weight excluding hydrogens is 240 g/mol. The number of ether oxygens (including phenoxy) is 1. The molecule has 0 aromatic heterocycles. The number of carboxylic acids is 1.